The summed E-state index contributed by atoms with van der Waals surface area (Å²) in [5.74, 6) is -5.72. The van der Waals surface area contributed by atoms with Gasteiger partial charge in [0.05, 0.1) is 17.6 Å². The van der Waals surface area contributed by atoms with Crippen molar-refractivity contribution in [1.82, 2.24) is 0 Å². The van der Waals surface area contributed by atoms with Crippen molar-refractivity contribution in [1.29, 1.82) is 0 Å². The lowest BCUT2D eigenvalue weighted by molar-refractivity contribution is -0.252. The van der Waals surface area contributed by atoms with Gasteiger partial charge in [0.25, 0.3) is 0 Å². The van der Waals surface area contributed by atoms with Crippen LogP contribution in [0.3, 0.4) is 0 Å². The Morgan fingerprint density at radius 1 is 0.868 bits per heavy atom. The summed E-state index contributed by atoms with van der Waals surface area (Å²) in [6, 6.07) is 18.5. The Morgan fingerprint density at radius 3 is 1.85 bits per heavy atom. The fraction of sp³-hybridized carbons (Fsp3) is 0.618. The maximum Gasteiger partial charge on any atom is 0.343 e. The maximum atomic E-state index is 14.4. The summed E-state index contributed by atoms with van der Waals surface area (Å²) in [4.78, 5) is 64.8. The van der Waals surface area contributed by atoms with Gasteiger partial charge in [0.1, 0.15) is 23.9 Å². The normalized spacial score (nSPS) is 21.2. The summed E-state index contributed by atoms with van der Waals surface area (Å²) >= 11 is 0. The number of benzene rings is 2. The Kier molecular flexibility index (Phi) is 24.6. The molecule has 2 aromatic rings. The van der Waals surface area contributed by atoms with Crippen molar-refractivity contribution in [3.8, 4) is 0 Å². The van der Waals surface area contributed by atoms with E-state index in [-0.39, 0.29) is 25.4 Å². The predicted molar refractivity (Wildman–Crippen MR) is 264 cm³/mol. The molecule has 0 saturated carbocycles. The molecule has 9 atom stereocenters. The number of allylic oxidation sites excluding steroid dienone is 1. The van der Waals surface area contributed by atoms with Crippen molar-refractivity contribution in [2.24, 2.45) is 23.7 Å². The molecule has 68 heavy (non-hydrogen) atoms. The molecule has 0 bridgehead atoms. The molecular weight excluding hydrogens is 869 g/mol. The van der Waals surface area contributed by atoms with Crippen LogP contribution >= 0.6 is 0 Å². The first kappa shape index (κ1) is 61.2. The van der Waals surface area contributed by atoms with Crippen LogP contribution in [0.5, 0.6) is 0 Å². The lowest BCUT2D eigenvalue weighted by Gasteiger charge is -2.45. The predicted octanol–water partition coefficient (Wildman–Crippen LogP) is 10.3. The van der Waals surface area contributed by atoms with E-state index in [1.165, 1.54) is 26.3 Å². The highest BCUT2D eigenvalue weighted by molar-refractivity contribution is 5.97. The lowest BCUT2D eigenvalue weighted by atomic mass is 9.71. The van der Waals surface area contributed by atoms with E-state index in [4.69, 9.17) is 28.8 Å². The largest absolute Gasteiger partial charge is 0.478 e. The van der Waals surface area contributed by atoms with Gasteiger partial charge in [0.2, 0.25) is 11.2 Å². The zero-order valence-electron chi connectivity index (χ0n) is 43.7. The third kappa shape index (κ3) is 19.3. The topological polar surface area (TPSA) is 192 Å². The Hall–Kier alpha value is -4.85. The molecule has 3 rings (SSSR count). The van der Waals surface area contributed by atoms with E-state index in [2.05, 4.69) is 34.3 Å². The molecular formula is C55H84O13. The van der Waals surface area contributed by atoms with E-state index in [0.717, 1.165) is 18.4 Å². The van der Waals surface area contributed by atoms with Crippen LogP contribution in [-0.4, -0.2) is 85.4 Å². The van der Waals surface area contributed by atoms with Crippen LogP contribution in [0, 0.1) is 23.7 Å². The number of carboxylic acids is 1. The third-order valence-corrected chi connectivity index (χ3v) is 11.4. The number of esters is 4. The smallest absolute Gasteiger partial charge is 0.343 e. The van der Waals surface area contributed by atoms with E-state index in [9.17, 15) is 34.2 Å². The average Bonchev–Trinajstić information content (AvgIpc) is 3.53. The van der Waals surface area contributed by atoms with Gasteiger partial charge in [0, 0.05) is 25.3 Å². The third-order valence-electron chi connectivity index (χ3n) is 11.4. The molecule has 1 saturated heterocycles. The molecule has 2 aromatic carbocycles. The second-order valence-corrected chi connectivity index (χ2v) is 20.5. The number of aliphatic hydroxyl groups is 2. The number of hydrogen-bond acceptors (Lipinski definition) is 12. The van der Waals surface area contributed by atoms with Gasteiger partial charge in [-0.2, -0.15) is 0 Å². The molecule has 1 aliphatic rings. The van der Waals surface area contributed by atoms with Gasteiger partial charge in [-0.05, 0) is 110 Å². The Bertz CT molecular complexity index is 1930. The van der Waals surface area contributed by atoms with Crippen LogP contribution in [0.2, 0.25) is 0 Å². The Balaban J connectivity index is 0.00000132. The SMILES string of the molecule is C=C(CCC1(C)OC(C(=O)OC(C)(C)C)(C(O)(C(=O)OC(C)(C)C)C(C)C(=O)OCc2ccccc2)C[C@H]1O)[C@@H](OC(C)=O)[C@H](C)Cc1ccccc1.CCC.CC[C@H](C)C[C@H](C)/C=C/C(=O)O. The van der Waals surface area contributed by atoms with Crippen molar-refractivity contribution >= 4 is 29.8 Å². The lowest BCUT2D eigenvalue weighted by Crippen LogP contribution is -2.70. The molecule has 4 unspecified atom stereocenters. The quantitative estimate of drug-likeness (QED) is 0.0492. The van der Waals surface area contributed by atoms with Crippen LogP contribution in [0.25, 0.3) is 0 Å². The zero-order chi connectivity index (χ0) is 52.3. The van der Waals surface area contributed by atoms with E-state index in [1.54, 1.807) is 84.9 Å². The van der Waals surface area contributed by atoms with Crippen molar-refractivity contribution in [3.05, 3.63) is 96.1 Å². The molecule has 382 valence electrons. The monoisotopic (exact) mass is 953 g/mol. The number of ether oxygens (including phenoxy) is 5. The number of hydrogen-bond donors (Lipinski definition) is 3. The van der Waals surface area contributed by atoms with Gasteiger partial charge >= 0.3 is 29.8 Å². The van der Waals surface area contributed by atoms with Gasteiger partial charge < -0.3 is 39.0 Å². The number of aliphatic carboxylic acids is 1. The summed E-state index contributed by atoms with van der Waals surface area (Å²) in [5.41, 5.74) is -7.36. The second-order valence-electron chi connectivity index (χ2n) is 20.5. The number of aliphatic hydroxyl groups excluding tert-OH is 1. The standard InChI is InChI=1S/C42H58O11.C10H18O2.C3H8/c1-27(34(50-30(4)43)28(2)24-31-18-14-12-15-19-31)22-23-40(11)33(44)25-41(53-40,36(46)51-38(5,6)7)42(48,37(47)52-39(8,9)10)29(3)35(45)49-26-32-20-16-13-17-21-32;1-4-8(2)7-9(3)5-6-10(11)12;1-3-2/h12-21,28-29,33-34,44,48H,1,22-26H2,2-11H3;5-6,8-9H,4,7H2,1-3H3,(H,11,12);3H2,1-2H3/b;6-5+;/t28-,29?,33-,34-,40?,41?,42?;8-,9+;/m10./s1. The molecule has 1 heterocycles. The molecule has 1 fully saturated rings. The summed E-state index contributed by atoms with van der Waals surface area (Å²) in [6.07, 6.45) is 4.46. The summed E-state index contributed by atoms with van der Waals surface area (Å²) in [7, 11) is 0. The van der Waals surface area contributed by atoms with Gasteiger partial charge in [-0.3, -0.25) is 9.59 Å². The van der Waals surface area contributed by atoms with Crippen LogP contribution in [-0.2, 0) is 60.7 Å². The van der Waals surface area contributed by atoms with Crippen LogP contribution in [0.1, 0.15) is 154 Å². The first-order valence-electron chi connectivity index (χ1n) is 24.0. The minimum absolute atomic E-state index is 0.0185. The first-order valence-corrected chi connectivity index (χ1v) is 24.0. The number of carbonyl (C=O) groups excluding carboxylic acids is 4. The highest BCUT2D eigenvalue weighted by atomic mass is 16.6. The number of carbonyl (C=O) groups is 5. The van der Waals surface area contributed by atoms with E-state index in [1.807, 2.05) is 44.2 Å². The van der Waals surface area contributed by atoms with Crippen molar-refractivity contribution in [2.45, 2.75) is 196 Å². The number of carboxylic acid groups (broad SMARTS) is 1. The van der Waals surface area contributed by atoms with Gasteiger partial charge in [-0.25, -0.2) is 14.4 Å². The molecule has 3 N–H and O–H groups in total. The molecule has 0 aliphatic carbocycles. The molecule has 0 amide bonds. The molecule has 0 spiro atoms. The summed E-state index contributed by atoms with van der Waals surface area (Å²) in [6.45, 7) is 30.3. The zero-order valence-corrected chi connectivity index (χ0v) is 43.7. The first-order chi connectivity index (χ1) is 31.4. The minimum atomic E-state index is -3.05. The van der Waals surface area contributed by atoms with E-state index >= 15 is 0 Å². The average molecular weight is 953 g/mol. The fourth-order valence-electron chi connectivity index (χ4n) is 7.71. The number of rotatable bonds is 20. The van der Waals surface area contributed by atoms with Crippen LogP contribution in [0.4, 0.5) is 0 Å². The van der Waals surface area contributed by atoms with Crippen LogP contribution in [0.15, 0.2) is 85.0 Å². The summed E-state index contributed by atoms with van der Waals surface area (Å²) < 4.78 is 29.3. The Labute approximate surface area is 407 Å². The van der Waals surface area contributed by atoms with E-state index < -0.39 is 82.4 Å². The highest BCUT2D eigenvalue weighted by Gasteiger charge is 2.74. The fourth-order valence-corrected chi connectivity index (χ4v) is 7.71. The Morgan fingerprint density at radius 2 is 1.38 bits per heavy atom. The molecule has 0 aromatic heterocycles. The highest BCUT2D eigenvalue weighted by Crippen LogP contribution is 2.51. The minimum Gasteiger partial charge on any atom is -0.478 e. The van der Waals surface area contributed by atoms with E-state index in [0.29, 0.717) is 29.4 Å². The van der Waals surface area contributed by atoms with Gasteiger partial charge in [-0.15, -0.1) is 0 Å². The molecule has 13 nitrogen and oxygen atoms in total. The second kappa shape index (κ2) is 27.4. The maximum absolute atomic E-state index is 14.4. The molecule has 1 aliphatic heterocycles. The van der Waals surface area contributed by atoms with Crippen molar-refractivity contribution in [3.63, 3.8) is 0 Å². The van der Waals surface area contributed by atoms with Crippen LogP contribution < -0.4 is 0 Å². The molecule has 0 radical (unpaired) electrons. The van der Waals surface area contributed by atoms with Gasteiger partial charge in [0.15, 0.2) is 0 Å². The van der Waals surface area contributed by atoms with Crippen molar-refractivity contribution < 1.29 is 63.0 Å². The van der Waals surface area contributed by atoms with Gasteiger partial charge in [-0.1, -0.05) is 128 Å². The summed E-state index contributed by atoms with van der Waals surface area (Å²) in [5, 5.41) is 32.9. The van der Waals surface area contributed by atoms with Crippen molar-refractivity contribution in [2.75, 3.05) is 0 Å². The molecule has 13 heteroatoms.